The van der Waals surface area contributed by atoms with Crippen molar-refractivity contribution in [3.8, 4) is 17.1 Å². The molecule has 0 fully saturated rings. The van der Waals surface area contributed by atoms with Crippen LogP contribution in [0.4, 0.5) is 11.6 Å². The van der Waals surface area contributed by atoms with Crippen molar-refractivity contribution in [1.82, 2.24) is 19.4 Å². The lowest BCUT2D eigenvalue weighted by atomic mass is 10.1. The molecule has 1 N–H and O–H groups in total. The zero-order chi connectivity index (χ0) is 21.3. The highest BCUT2D eigenvalue weighted by atomic mass is 16.6. The fourth-order valence-corrected chi connectivity index (χ4v) is 3.13. The number of nitrogens with zero attached hydrogens (tertiary/aromatic N) is 5. The summed E-state index contributed by atoms with van der Waals surface area (Å²) in [4.78, 5) is 36.4. The van der Waals surface area contributed by atoms with Crippen LogP contribution >= 0.6 is 0 Å². The van der Waals surface area contributed by atoms with Crippen molar-refractivity contribution >= 4 is 23.2 Å². The number of benzene rings is 1. The van der Waals surface area contributed by atoms with Gasteiger partial charge in [0.25, 0.3) is 11.6 Å². The van der Waals surface area contributed by atoms with Gasteiger partial charge in [-0.15, -0.1) is 0 Å². The van der Waals surface area contributed by atoms with Crippen LogP contribution < -0.4 is 10.1 Å². The van der Waals surface area contributed by atoms with Gasteiger partial charge < -0.3 is 4.74 Å². The lowest BCUT2D eigenvalue weighted by Crippen LogP contribution is -2.16. The monoisotopic (exact) mass is 404 g/mol. The summed E-state index contributed by atoms with van der Waals surface area (Å²) in [6.45, 7) is 1.86. The summed E-state index contributed by atoms with van der Waals surface area (Å²) in [5.74, 6) is -0.380. The van der Waals surface area contributed by atoms with Crippen LogP contribution in [-0.2, 0) is 0 Å². The van der Waals surface area contributed by atoms with Gasteiger partial charge in [0.05, 0.1) is 29.1 Å². The third-order valence-electron chi connectivity index (χ3n) is 4.47. The van der Waals surface area contributed by atoms with Crippen molar-refractivity contribution in [3.05, 3.63) is 76.2 Å². The summed E-state index contributed by atoms with van der Waals surface area (Å²) in [5, 5.41) is 13.8. The number of imidazole rings is 1. The normalized spacial score (nSPS) is 10.7. The first kappa shape index (κ1) is 19.0. The first-order chi connectivity index (χ1) is 14.5. The molecule has 1 amide bonds. The molecule has 0 saturated carbocycles. The number of fused-ring (bicyclic) bond motifs is 1. The Bertz CT molecular complexity index is 1280. The van der Waals surface area contributed by atoms with Gasteiger partial charge in [0.2, 0.25) is 5.95 Å². The number of carbonyl (C=O) groups is 1. The standard InChI is InChI=1S/C20H16N6O4/c1-12-18(25-10-4-3-5-17(25)22-12)15-8-9-21-20(23-15)24-19(27)14-11-13(30-2)6-7-16(14)26(28)29/h3-11H,1-2H3,(H,21,23,24,27). The van der Waals surface area contributed by atoms with Crippen LogP contribution in [0.15, 0.2) is 54.9 Å². The van der Waals surface area contributed by atoms with E-state index in [2.05, 4.69) is 20.3 Å². The smallest absolute Gasteiger partial charge is 0.282 e. The molecule has 0 bridgehead atoms. The number of amides is 1. The van der Waals surface area contributed by atoms with Crippen molar-refractivity contribution < 1.29 is 14.5 Å². The molecule has 3 aromatic heterocycles. The maximum Gasteiger partial charge on any atom is 0.282 e. The van der Waals surface area contributed by atoms with Gasteiger partial charge in [-0.2, -0.15) is 0 Å². The van der Waals surface area contributed by atoms with Gasteiger partial charge >= 0.3 is 0 Å². The van der Waals surface area contributed by atoms with Crippen LogP contribution in [0, 0.1) is 17.0 Å². The van der Waals surface area contributed by atoms with Crippen molar-refractivity contribution in [1.29, 1.82) is 0 Å². The minimum Gasteiger partial charge on any atom is -0.497 e. The average Bonchev–Trinajstić information content (AvgIpc) is 3.09. The Labute approximate surface area is 170 Å². The number of ether oxygens (including phenoxy) is 1. The molecular formula is C20H16N6O4. The molecule has 0 atom stereocenters. The van der Waals surface area contributed by atoms with Gasteiger partial charge in [-0.3, -0.25) is 24.6 Å². The highest BCUT2D eigenvalue weighted by molar-refractivity contribution is 6.06. The van der Waals surface area contributed by atoms with Crippen molar-refractivity contribution in [2.24, 2.45) is 0 Å². The molecule has 0 aliphatic rings. The number of hydrogen-bond acceptors (Lipinski definition) is 7. The fraction of sp³-hybridized carbons (Fsp3) is 0.100. The van der Waals surface area contributed by atoms with Crippen LogP contribution in [0.5, 0.6) is 5.75 Å². The van der Waals surface area contributed by atoms with E-state index in [1.54, 1.807) is 6.07 Å². The van der Waals surface area contributed by atoms with Gasteiger partial charge in [-0.05, 0) is 37.3 Å². The molecule has 10 heteroatoms. The van der Waals surface area contributed by atoms with Crippen LogP contribution in [0.3, 0.4) is 0 Å². The van der Waals surface area contributed by atoms with E-state index in [1.165, 1.54) is 31.5 Å². The summed E-state index contributed by atoms with van der Waals surface area (Å²) < 4.78 is 6.95. The number of hydrogen-bond donors (Lipinski definition) is 1. The summed E-state index contributed by atoms with van der Waals surface area (Å²) in [6, 6.07) is 11.3. The van der Waals surface area contributed by atoms with Crippen LogP contribution in [0.25, 0.3) is 17.0 Å². The second-order valence-corrected chi connectivity index (χ2v) is 6.33. The Kier molecular flexibility index (Phi) is 4.80. The van der Waals surface area contributed by atoms with Crippen LogP contribution in [0.1, 0.15) is 16.1 Å². The Morgan fingerprint density at radius 2 is 2.03 bits per heavy atom. The summed E-state index contributed by atoms with van der Waals surface area (Å²) in [5.41, 5.74) is 2.34. The third kappa shape index (κ3) is 3.41. The topological polar surface area (TPSA) is 125 Å². The van der Waals surface area contributed by atoms with E-state index in [4.69, 9.17) is 4.74 Å². The Morgan fingerprint density at radius 3 is 2.80 bits per heavy atom. The number of aromatic nitrogens is 4. The summed E-state index contributed by atoms with van der Waals surface area (Å²) in [6.07, 6.45) is 3.37. The van der Waals surface area contributed by atoms with Gasteiger partial charge in [-0.1, -0.05) is 6.07 Å². The van der Waals surface area contributed by atoms with Crippen molar-refractivity contribution in [3.63, 3.8) is 0 Å². The van der Waals surface area contributed by atoms with Gasteiger partial charge in [0, 0.05) is 18.5 Å². The molecule has 10 nitrogen and oxygen atoms in total. The third-order valence-corrected chi connectivity index (χ3v) is 4.47. The molecule has 0 aliphatic carbocycles. The van der Waals surface area contributed by atoms with E-state index in [0.29, 0.717) is 11.4 Å². The number of methoxy groups -OCH3 is 1. The second-order valence-electron chi connectivity index (χ2n) is 6.33. The number of anilines is 1. The number of pyridine rings is 1. The highest BCUT2D eigenvalue weighted by Gasteiger charge is 2.22. The van der Waals surface area contributed by atoms with E-state index in [9.17, 15) is 14.9 Å². The number of nitrogens with one attached hydrogen (secondary N) is 1. The maximum atomic E-state index is 12.7. The number of carbonyl (C=O) groups excluding carboxylic acids is 1. The number of nitro benzene ring substituents is 1. The maximum absolute atomic E-state index is 12.7. The predicted octanol–water partition coefficient (Wildman–Crippen LogP) is 3.27. The number of nitro groups is 1. The highest BCUT2D eigenvalue weighted by Crippen LogP contribution is 2.26. The molecule has 3 heterocycles. The lowest BCUT2D eigenvalue weighted by Gasteiger charge is -2.08. The molecule has 0 radical (unpaired) electrons. The average molecular weight is 404 g/mol. The number of aryl methyl sites for hydroxylation is 1. The van der Waals surface area contributed by atoms with Crippen molar-refractivity contribution in [2.75, 3.05) is 12.4 Å². The molecule has 0 unspecified atom stereocenters. The van der Waals surface area contributed by atoms with Crippen molar-refractivity contribution in [2.45, 2.75) is 6.92 Å². The van der Waals surface area contributed by atoms with E-state index >= 15 is 0 Å². The first-order valence-corrected chi connectivity index (χ1v) is 8.89. The zero-order valence-corrected chi connectivity index (χ0v) is 16.1. The summed E-state index contributed by atoms with van der Waals surface area (Å²) in [7, 11) is 1.41. The van der Waals surface area contributed by atoms with Crippen LogP contribution in [-0.4, -0.2) is 37.3 Å². The van der Waals surface area contributed by atoms with Gasteiger partial charge in [0.15, 0.2) is 0 Å². The summed E-state index contributed by atoms with van der Waals surface area (Å²) >= 11 is 0. The molecule has 150 valence electrons. The Morgan fingerprint density at radius 1 is 1.20 bits per heavy atom. The van der Waals surface area contributed by atoms with E-state index in [0.717, 1.165) is 17.0 Å². The fourth-order valence-electron chi connectivity index (χ4n) is 3.13. The van der Waals surface area contributed by atoms with Gasteiger partial charge in [0.1, 0.15) is 17.0 Å². The molecule has 30 heavy (non-hydrogen) atoms. The SMILES string of the molecule is COc1ccc([N+](=O)[O-])c(C(=O)Nc2nccc(-c3c(C)nc4ccccn34)n2)c1. The van der Waals surface area contributed by atoms with E-state index in [-0.39, 0.29) is 17.2 Å². The van der Waals surface area contributed by atoms with Crippen LogP contribution in [0.2, 0.25) is 0 Å². The quantitative estimate of drug-likeness (QED) is 0.400. The minimum absolute atomic E-state index is 0.0138. The van der Waals surface area contributed by atoms with E-state index < -0.39 is 10.8 Å². The lowest BCUT2D eigenvalue weighted by molar-refractivity contribution is -0.385. The Balaban J connectivity index is 1.70. The molecule has 4 rings (SSSR count). The van der Waals surface area contributed by atoms with Gasteiger partial charge in [-0.25, -0.2) is 15.0 Å². The predicted molar refractivity (Wildman–Crippen MR) is 109 cm³/mol. The Hall–Kier alpha value is -4.34. The molecule has 1 aromatic carbocycles. The zero-order valence-electron chi connectivity index (χ0n) is 16.1. The molecular weight excluding hydrogens is 388 g/mol. The molecule has 0 saturated heterocycles. The molecule has 4 aromatic rings. The first-order valence-electron chi connectivity index (χ1n) is 8.89. The molecule has 0 spiro atoms. The number of rotatable bonds is 5. The van der Waals surface area contributed by atoms with E-state index in [1.807, 2.05) is 35.7 Å². The minimum atomic E-state index is -0.715. The largest absolute Gasteiger partial charge is 0.497 e. The second kappa shape index (κ2) is 7.59. The molecule has 0 aliphatic heterocycles.